The Morgan fingerprint density at radius 2 is 1.61 bits per heavy atom. The Balaban J connectivity index is 1.38. The molecule has 0 radical (unpaired) electrons. The molecule has 0 aliphatic carbocycles. The van der Waals surface area contributed by atoms with Gasteiger partial charge in [-0.05, 0) is 42.2 Å². The Morgan fingerprint density at radius 1 is 1.00 bits per heavy atom. The van der Waals surface area contributed by atoms with E-state index < -0.39 is 11.0 Å². The summed E-state index contributed by atoms with van der Waals surface area (Å²) in [5, 5.41) is 10.8. The summed E-state index contributed by atoms with van der Waals surface area (Å²) in [5.41, 5.74) is 3.65. The number of carbonyl (C=O) groups excluding carboxylic acids is 1. The van der Waals surface area contributed by atoms with E-state index in [1.54, 1.807) is 16.7 Å². The maximum Gasteiger partial charge on any atom is 0.410 e. The minimum atomic E-state index is -0.524. The lowest BCUT2D eigenvalue weighted by molar-refractivity contribution is -0.384. The van der Waals surface area contributed by atoms with Gasteiger partial charge in [-0.2, -0.15) is 0 Å². The van der Waals surface area contributed by atoms with Gasteiger partial charge in [0.05, 0.1) is 23.2 Å². The van der Waals surface area contributed by atoms with Crippen molar-refractivity contribution in [2.75, 3.05) is 6.54 Å². The van der Waals surface area contributed by atoms with Crippen molar-refractivity contribution in [3.8, 4) is 0 Å². The zero-order valence-electron chi connectivity index (χ0n) is 20.8. The summed E-state index contributed by atoms with van der Waals surface area (Å²) in [7, 11) is 0. The average Bonchev–Trinajstić information content (AvgIpc) is 2.94. The van der Waals surface area contributed by atoms with Crippen LogP contribution in [0.5, 0.6) is 0 Å². The molecule has 0 atom stereocenters. The molecule has 1 aromatic heterocycles. The monoisotopic (exact) mass is 510 g/mol. The summed E-state index contributed by atoms with van der Waals surface area (Å²) in [4.78, 5) is 43.2. The molecular formula is C29H26N4O5. The van der Waals surface area contributed by atoms with E-state index in [1.807, 2.05) is 67.6 Å². The standard InChI is InChI=1S/C29H26N4O5/c1-20-30-26-18-31(29(35)38-19-21-12-14-24(15-13-21)33(36)37)17-16-25(26)28(34)32(20)27(22-8-4-2-5-9-22)23-10-6-3-7-11-23/h2-15,27H,16-19H2,1H3. The number of hydrogen-bond donors (Lipinski definition) is 0. The number of fused-ring (bicyclic) bond motifs is 1. The summed E-state index contributed by atoms with van der Waals surface area (Å²) in [6, 6.07) is 25.3. The van der Waals surface area contributed by atoms with Crippen molar-refractivity contribution in [2.24, 2.45) is 0 Å². The highest BCUT2D eigenvalue weighted by Crippen LogP contribution is 2.27. The molecule has 1 amide bonds. The molecule has 0 bridgehead atoms. The van der Waals surface area contributed by atoms with E-state index >= 15 is 0 Å². The number of aromatic nitrogens is 2. The first kappa shape index (κ1) is 24.9. The van der Waals surface area contributed by atoms with Gasteiger partial charge in [0.2, 0.25) is 0 Å². The van der Waals surface area contributed by atoms with Crippen LogP contribution in [-0.2, 0) is 24.3 Å². The van der Waals surface area contributed by atoms with Crippen LogP contribution in [0.2, 0.25) is 0 Å². The van der Waals surface area contributed by atoms with Crippen LogP contribution in [0.3, 0.4) is 0 Å². The minimum absolute atomic E-state index is 0.00985. The van der Waals surface area contributed by atoms with Crippen molar-refractivity contribution in [2.45, 2.75) is 32.5 Å². The lowest BCUT2D eigenvalue weighted by atomic mass is 9.97. The zero-order valence-corrected chi connectivity index (χ0v) is 20.8. The molecule has 0 saturated heterocycles. The number of nitro groups is 1. The SMILES string of the molecule is Cc1nc2c(c(=O)n1C(c1ccccc1)c1ccccc1)CCN(C(=O)OCc1ccc([N+](=O)[O-])cc1)C2. The first-order chi connectivity index (χ1) is 18.4. The smallest absolute Gasteiger partial charge is 0.410 e. The second-order valence-corrected chi connectivity index (χ2v) is 9.13. The lowest BCUT2D eigenvalue weighted by Gasteiger charge is -2.30. The van der Waals surface area contributed by atoms with Gasteiger partial charge < -0.3 is 9.64 Å². The van der Waals surface area contributed by atoms with Gasteiger partial charge >= 0.3 is 6.09 Å². The number of nitrogens with zero attached hydrogens (tertiary/aromatic N) is 4. The first-order valence-corrected chi connectivity index (χ1v) is 12.3. The van der Waals surface area contributed by atoms with E-state index in [-0.39, 0.29) is 30.4 Å². The lowest BCUT2D eigenvalue weighted by Crippen LogP contribution is -2.42. The molecule has 5 rings (SSSR count). The number of aryl methyl sites for hydroxylation is 1. The van der Waals surface area contributed by atoms with Crippen LogP contribution in [0.4, 0.5) is 10.5 Å². The quantitative estimate of drug-likeness (QED) is 0.273. The third-order valence-electron chi connectivity index (χ3n) is 6.70. The van der Waals surface area contributed by atoms with E-state index in [4.69, 9.17) is 9.72 Å². The zero-order chi connectivity index (χ0) is 26.6. The Kier molecular flexibility index (Phi) is 6.99. The summed E-state index contributed by atoms with van der Waals surface area (Å²) in [5.74, 6) is 0.563. The number of hydrogen-bond acceptors (Lipinski definition) is 6. The molecule has 0 spiro atoms. The van der Waals surface area contributed by atoms with E-state index in [9.17, 15) is 19.7 Å². The molecule has 2 heterocycles. The van der Waals surface area contributed by atoms with E-state index in [0.717, 1.165) is 11.1 Å². The molecular weight excluding hydrogens is 484 g/mol. The number of rotatable bonds is 6. The fourth-order valence-electron chi connectivity index (χ4n) is 4.79. The second kappa shape index (κ2) is 10.7. The van der Waals surface area contributed by atoms with Crippen molar-refractivity contribution < 1.29 is 14.5 Å². The van der Waals surface area contributed by atoms with Crippen LogP contribution in [0, 0.1) is 17.0 Å². The van der Waals surface area contributed by atoms with Gasteiger partial charge in [-0.15, -0.1) is 0 Å². The summed E-state index contributed by atoms with van der Waals surface area (Å²) in [6.07, 6.45) is -0.159. The normalized spacial score (nSPS) is 12.7. The number of amides is 1. The van der Waals surface area contributed by atoms with Crippen molar-refractivity contribution in [1.29, 1.82) is 0 Å². The maximum absolute atomic E-state index is 13.8. The fourth-order valence-corrected chi connectivity index (χ4v) is 4.79. The number of nitro benzene ring substituents is 1. The molecule has 3 aromatic carbocycles. The number of non-ortho nitro benzene ring substituents is 1. The molecule has 4 aromatic rings. The second-order valence-electron chi connectivity index (χ2n) is 9.13. The highest BCUT2D eigenvalue weighted by Gasteiger charge is 2.29. The Bertz CT molecular complexity index is 1480. The van der Waals surface area contributed by atoms with Crippen molar-refractivity contribution >= 4 is 11.8 Å². The predicted octanol–water partition coefficient (Wildman–Crippen LogP) is 4.79. The summed E-state index contributed by atoms with van der Waals surface area (Å²) >= 11 is 0. The van der Waals surface area contributed by atoms with Crippen molar-refractivity contribution in [3.63, 3.8) is 0 Å². The molecule has 0 N–H and O–H groups in total. The molecule has 9 nitrogen and oxygen atoms in total. The molecule has 0 saturated carbocycles. The first-order valence-electron chi connectivity index (χ1n) is 12.3. The molecule has 9 heteroatoms. The number of benzene rings is 3. The number of carbonyl (C=O) groups is 1. The summed E-state index contributed by atoms with van der Waals surface area (Å²) in [6.45, 7) is 2.30. The third-order valence-corrected chi connectivity index (χ3v) is 6.70. The molecule has 1 aliphatic heterocycles. The van der Waals surface area contributed by atoms with Crippen LogP contribution in [0.1, 0.15) is 39.8 Å². The van der Waals surface area contributed by atoms with Gasteiger partial charge in [0.1, 0.15) is 12.4 Å². The van der Waals surface area contributed by atoms with Crippen LogP contribution < -0.4 is 5.56 Å². The highest BCUT2D eigenvalue weighted by molar-refractivity contribution is 5.68. The minimum Gasteiger partial charge on any atom is -0.445 e. The van der Waals surface area contributed by atoms with Crippen molar-refractivity contribution in [3.05, 3.63) is 139 Å². The number of ether oxygens (including phenoxy) is 1. The van der Waals surface area contributed by atoms with Crippen LogP contribution in [-0.4, -0.2) is 32.0 Å². The topological polar surface area (TPSA) is 108 Å². The Morgan fingerprint density at radius 3 is 2.18 bits per heavy atom. The van der Waals surface area contributed by atoms with E-state index in [2.05, 4.69) is 0 Å². The Hall–Kier alpha value is -4.79. The predicted molar refractivity (Wildman–Crippen MR) is 141 cm³/mol. The molecule has 38 heavy (non-hydrogen) atoms. The van der Waals surface area contributed by atoms with Crippen LogP contribution >= 0.6 is 0 Å². The van der Waals surface area contributed by atoms with E-state index in [1.165, 1.54) is 17.0 Å². The average molecular weight is 511 g/mol. The molecule has 192 valence electrons. The maximum atomic E-state index is 13.8. The molecule has 0 unspecified atom stereocenters. The van der Waals surface area contributed by atoms with Crippen LogP contribution in [0.25, 0.3) is 0 Å². The van der Waals surface area contributed by atoms with Gasteiger partial charge in [0, 0.05) is 24.2 Å². The third kappa shape index (κ3) is 5.04. The Labute approximate surface area is 219 Å². The van der Waals surface area contributed by atoms with Gasteiger partial charge in [0.15, 0.2) is 0 Å². The van der Waals surface area contributed by atoms with Gasteiger partial charge in [0.25, 0.3) is 11.2 Å². The largest absolute Gasteiger partial charge is 0.445 e. The van der Waals surface area contributed by atoms with Crippen molar-refractivity contribution in [1.82, 2.24) is 14.5 Å². The van der Waals surface area contributed by atoms with Gasteiger partial charge in [-0.25, -0.2) is 9.78 Å². The fraction of sp³-hybridized carbons (Fsp3) is 0.207. The van der Waals surface area contributed by atoms with E-state index in [0.29, 0.717) is 35.6 Å². The summed E-state index contributed by atoms with van der Waals surface area (Å²) < 4.78 is 7.17. The molecule has 0 fully saturated rings. The van der Waals surface area contributed by atoms with Crippen LogP contribution in [0.15, 0.2) is 89.7 Å². The van der Waals surface area contributed by atoms with Gasteiger partial charge in [-0.3, -0.25) is 19.5 Å². The van der Waals surface area contributed by atoms with Gasteiger partial charge in [-0.1, -0.05) is 60.7 Å². The molecule has 1 aliphatic rings. The highest BCUT2D eigenvalue weighted by atomic mass is 16.6.